The van der Waals surface area contributed by atoms with E-state index in [-0.39, 0.29) is 12.2 Å². The number of aromatic amines is 1. The maximum Gasteiger partial charge on any atom is 0.339 e. The van der Waals surface area contributed by atoms with Crippen molar-refractivity contribution < 1.29 is 13.9 Å². The van der Waals surface area contributed by atoms with Crippen LogP contribution in [0.15, 0.2) is 55.1 Å². The van der Waals surface area contributed by atoms with Gasteiger partial charge in [0, 0.05) is 18.8 Å². The van der Waals surface area contributed by atoms with Crippen molar-refractivity contribution in [3.8, 4) is 17.2 Å². The van der Waals surface area contributed by atoms with E-state index >= 15 is 0 Å². The second kappa shape index (κ2) is 7.39. The minimum Gasteiger partial charge on any atom is -0.465 e. The molecule has 0 fully saturated rings. The summed E-state index contributed by atoms with van der Waals surface area (Å²) in [5, 5.41) is 10.9. The number of imidazole rings is 1. The number of carbonyl (C=O) groups excluding carboxylic acids is 1. The molecular formula is C19H15FN6O2. The molecule has 28 heavy (non-hydrogen) atoms. The summed E-state index contributed by atoms with van der Waals surface area (Å²) in [7, 11) is 1.31. The molecule has 140 valence electrons. The molecule has 4 rings (SSSR count). The highest BCUT2D eigenvalue weighted by Crippen LogP contribution is 2.22. The fourth-order valence-corrected chi connectivity index (χ4v) is 2.75. The van der Waals surface area contributed by atoms with Gasteiger partial charge in [-0.2, -0.15) is 15.4 Å². The zero-order valence-corrected chi connectivity index (χ0v) is 14.8. The van der Waals surface area contributed by atoms with Crippen LogP contribution >= 0.6 is 0 Å². The number of ether oxygens (including phenoxy) is 1. The number of esters is 1. The molecule has 3 aromatic heterocycles. The minimum absolute atomic E-state index is 0.289. The highest BCUT2D eigenvalue weighted by atomic mass is 19.1. The van der Waals surface area contributed by atoms with Gasteiger partial charge < -0.3 is 4.74 Å². The smallest absolute Gasteiger partial charge is 0.339 e. The molecule has 0 unspecified atom stereocenters. The molecule has 0 aliphatic heterocycles. The van der Waals surface area contributed by atoms with E-state index in [4.69, 9.17) is 0 Å². The summed E-state index contributed by atoms with van der Waals surface area (Å²) in [6.45, 7) is 0. The predicted octanol–water partition coefficient (Wildman–Crippen LogP) is 2.57. The summed E-state index contributed by atoms with van der Waals surface area (Å²) in [5.41, 5.74) is 2.57. The SMILES string of the molecule is COC(=O)c1ccc(-n2cnc(-c3n[nH]nc3Cc3ccccc3F)c2)nc1. The van der Waals surface area contributed by atoms with Gasteiger partial charge in [0.25, 0.3) is 0 Å². The van der Waals surface area contributed by atoms with Crippen LogP contribution in [0.5, 0.6) is 0 Å². The third-order valence-corrected chi connectivity index (χ3v) is 4.19. The second-order valence-electron chi connectivity index (χ2n) is 5.95. The van der Waals surface area contributed by atoms with Gasteiger partial charge in [-0.15, -0.1) is 0 Å². The fraction of sp³-hybridized carbons (Fsp3) is 0.105. The zero-order valence-electron chi connectivity index (χ0n) is 14.8. The van der Waals surface area contributed by atoms with Gasteiger partial charge in [-0.3, -0.25) is 4.57 Å². The van der Waals surface area contributed by atoms with Crippen LogP contribution in [0.3, 0.4) is 0 Å². The molecule has 8 nitrogen and oxygen atoms in total. The van der Waals surface area contributed by atoms with E-state index in [1.165, 1.54) is 19.4 Å². The maximum atomic E-state index is 13.9. The molecule has 0 atom stereocenters. The molecule has 3 heterocycles. The summed E-state index contributed by atoms with van der Waals surface area (Å²) in [5.74, 6) is -0.173. The largest absolute Gasteiger partial charge is 0.465 e. The van der Waals surface area contributed by atoms with Crippen LogP contribution in [0.1, 0.15) is 21.6 Å². The van der Waals surface area contributed by atoms with Gasteiger partial charge in [-0.1, -0.05) is 18.2 Å². The highest BCUT2D eigenvalue weighted by molar-refractivity contribution is 5.88. The first-order valence-electron chi connectivity index (χ1n) is 8.38. The number of hydrogen-bond acceptors (Lipinski definition) is 6. The fourth-order valence-electron chi connectivity index (χ4n) is 2.75. The number of pyridine rings is 1. The molecule has 9 heteroatoms. The average molecular weight is 378 g/mol. The van der Waals surface area contributed by atoms with Gasteiger partial charge in [-0.05, 0) is 23.8 Å². The van der Waals surface area contributed by atoms with E-state index in [0.717, 1.165) is 0 Å². The molecule has 0 aliphatic rings. The van der Waals surface area contributed by atoms with Crippen LogP contribution in [0.4, 0.5) is 4.39 Å². The molecule has 1 aromatic carbocycles. The lowest BCUT2D eigenvalue weighted by atomic mass is 10.1. The number of carbonyl (C=O) groups is 1. The Morgan fingerprint density at radius 3 is 2.79 bits per heavy atom. The van der Waals surface area contributed by atoms with Gasteiger partial charge in [0.05, 0.1) is 18.4 Å². The van der Waals surface area contributed by atoms with E-state index in [1.54, 1.807) is 47.4 Å². The Kier molecular flexibility index (Phi) is 4.63. The van der Waals surface area contributed by atoms with Crippen LogP contribution in [0.25, 0.3) is 17.2 Å². The Bertz CT molecular complexity index is 1120. The molecule has 0 saturated carbocycles. The van der Waals surface area contributed by atoms with Crippen molar-refractivity contribution in [2.45, 2.75) is 6.42 Å². The second-order valence-corrected chi connectivity index (χ2v) is 5.95. The van der Waals surface area contributed by atoms with Crippen molar-refractivity contribution in [2.24, 2.45) is 0 Å². The van der Waals surface area contributed by atoms with E-state index in [9.17, 15) is 9.18 Å². The lowest BCUT2D eigenvalue weighted by molar-refractivity contribution is 0.0600. The number of benzene rings is 1. The molecule has 0 spiro atoms. The first kappa shape index (κ1) is 17.5. The number of halogens is 1. The molecule has 4 aromatic rings. The molecule has 0 saturated heterocycles. The van der Waals surface area contributed by atoms with E-state index in [2.05, 4.69) is 30.1 Å². The minimum atomic E-state index is -0.453. The Balaban J connectivity index is 1.60. The highest BCUT2D eigenvalue weighted by Gasteiger charge is 2.16. The maximum absolute atomic E-state index is 13.9. The van der Waals surface area contributed by atoms with Gasteiger partial charge in [0.2, 0.25) is 0 Å². The molecule has 0 aliphatic carbocycles. The normalized spacial score (nSPS) is 10.8. The Morgan fingerprint density at radius 2 is 2.04 bits per heavy atom. The van der Waals surface area contributed by atoms with Crippen molar-refractivity contribution in [3.63, 3.8) is 0 Å². The Morgan fingerprint density at radius 1 is 1.18 bits per heavy atom. The first-order valence-corrected chi connectivity index (χ1v) is 8.38. The van der Waals surface area contributed by atoms with Gasteiger partial charge in [0.15, 0.2) is 0 Å². The molecule has 1 N–H and O–H groups in total. The summed E-state index contributed by atoms with van der Waals surface area (Å²) >= 11 is 0. The Hall–Kier alpha value is -3.88. The zero-order chi connectivity index (χ0) is 19.5. The van der Waals surface area contributed by atoms with Gasteiger partial charge in [0.1, 0.15) is 29.4 Å². The van der Waals surface area contributed by atoms with Crippen molar-refractivity contribution in [1.82, 2.24) is 29.9 Å². The number of aromatic nitrogens is 6. The summed E-state index contributed by atoms with van der Waals surface area (Å²) in [4.78, 5) is 20.1. The first-order chi connectivity index (χ1) is 13.7. The summed E-state index contributed by atoms with van der Waals surface area (Å²) in [6, 6.07) is 9.83. The molecule has 0 amide bonds. The van der Waals surface area contributed by atoms with Crippen LogP contribution in [-0.4, -0.2) is 43.0 Å². The lowest BCUT2D eigenvalue weighted by Gasteiger charge is -2.02. The predicted molar refractivity (Wildman–Crippen MR) is 97.3 cm³/mol. The van der Waals surface area contributed by atoms with E-state index in [0.29, 0.717) is 34.0 Å². The lowest BCUT2D eigenvalue weighted by Crippen LogP contribution is -2.03. The number of nitrogens with zero attached hydrogens (tertiary/aromatic N) is 5. The van der Waals surface area contributed by atoms with E-state index < -0.39 is 5.97 Å². The number of H-pyrrole nitrogens is 1. The van der Waals surface area contributed by atoms with Gasteiger partial charge >= 0.3 is 5.97 Å². The average Bonchev–Trinajstić information content (AvgIpc) is 3.38. The van der Waals surface area contributed by atoms with Crippen LogP contribution < -0.4 is 0 Å². The van der Waals surface area contributed by atoms with E-state index in [1.807, 2.05) is 0 Å². The van der Waals surface area contributed by atoms with Crippen LogP contribution in [-0.2, 0) is 11.2 Å². The number of hydrogen-bond donors (Lipinski definition) is 1. The monoisotopic (exact) mass is 378 g/mol. The quantitative estimate of drug-likeness (QED) is 0.536. The summed E-state index contributed by atoms with van der Waals surface area (Å²) < 4.78 is 20.3. The standard InChI is InChI=1S/C19H15FN6O2/c1-28-19(27)13-6-7-17(21-9-13)26-10-16(22-11-26)18-15(23-25-24-18)8-12-4-2-3-5-14(12)20/h2-7,9-11H,8H2,1H3,(H,23,24,25). The summed E-state index contributed by atoms with van der Waals surface area (Å²) in [6.07, 6.45) is 5.04. The number of nitrogens with one attached hydrogen (secondary N) is 1. The third kappa shape index (κ3) is 3.37. The van der Waals surface area contributed by atoms with Crippen molar-refractivity contribution in [1.29, 1.82) is 0 Å². The number of rotatable bonds is 5. The third-order valence-electron chi connectivity index (χ3n) is 4.19. The Labute approximate surface area is 159 Å². The topological polar surface area (TPSA) is 98.6 Å². The molecular weight excluding hydrogens is 363 g/mol. The van der Waals surface area contributed by atoms with Crippen molar-refractivity contribution in [2.75, 3.05) is 7.11 Å². The molecule has 0 bridgehead atoms. The van der Waals surface area contributed by atoms with Gasteiger partial charge in [-0.25, -0.2) is 19.2 Å². The van der Waals surface area contributed by atoms with Crippen molar-refractivity contribution in [3.05, 3.63) is 77.8 Å². The molecule has 0 radical (unpaired) electrons. The number of methoxy groups -OCH3 is 1. The van der Waals surface area contributed by atoms with Crippen molar-refractivity contribution >= 4 is 5.97 Å². The van der Waals surface area contributed by atoms with Crippen LogP contribution in [0.2, 0.25) is 0 Å². The van der Waals surface area contributed by atoms with Crippen LogP contribution in [0, 0.1) is 5.82 Å².